The molecule has 3 nitrogen and oxygen atoms in total. The third kappa shape index (κ3) is 9.99. The first kappa shape index (κ1) is 55.2. The molecule has 6 rings (SSSR count). The summed E-state index contributed by atoms with van der Waals surface area (Å²) in [5.41, 5.74) is -20.0. The van der Waals surface area contributed by atoms with Gasteiger partial charge in [0.25, 0.3) is 0 Å². The summed E-state index contributed by atoms with van der Waals surface area (Å²) in [6.45, 7) is 0. The van der Waals surface area contributed by atoms with E-state index in [1.165, 1.54) is 0 Å². The van der Waals surface area contributed by atoms with E-state index in [0.717, 1.165) is 12.8 Å². The summed E-state index contributed by atoms with van der Waals surface area (Å²) in [7, 11) is -6.09. The van der Waals surface area contributed by atoms with Gasteiger partial charge in [0.1, 0.15) is 52.7 Å². The maximum atomic E-state index is 15.4. The summed E-state index contributed by atoms with van der Waals surface area (Å²) < 4.78 is 353. The summed E-state index contributed by atoms with van der Waals surface area (Å²) >= 11 is 0. The van der Waals surface area contributed by atoms with E-state index >= 15 is 35.1 Å². The molecule has 0 fully saturated rings. The first-order valence-corrected chi connectivity index (χ1v) is 17.0. The van der Waals surface area contributed by atoms with Gasteiger partial charge in [-0.15, -0.1) is 34.7 Å². The number of halogens is 23. The molecule has 0 heterocycles. The van der Waals surface area contributed by atoms with Crippen LogP contribution in [0.25, 0.3) is 0 Å². The van der Waals surface area contributed by atoms with Crippen molar-refractivity contribution in [1.29, 1.82) is 0 Å². The van der Waals surface area contributed by atoms with Gasteiger partial charge in [-0.05, 0) is 0 Å². The van der Waals surface area contributed by atoms with Crippen molar-refractivity contribution in [2.24, 2.45) is 0 Å². The van der Waals surface area contributed by atoms with E-state index in [1.54, 1.807) is 0 Å². The van der Waals surface area contributed by atoms with Gasteiger partial charge in [0.05, 0.1) is 0 Å². The predicted octanol–water partition coefficient (Wildman–Crippen LogP) is 8.51. The quantitative estimate of drug-likeness (QED) is 0.0392. The number of hydrogen-bond acceptors (Lipinski definition) is 3. The van der Waals surface area contributed by atoms with Gasteiger partial charge in [-0.2, -0.15) is 25.3 Å². The summed E-state index contributed by atoms with van der Waals surface area (Å²) in [5.74, 6) is -71.4. The molecule has 4 aromatic carbocycles. The standard InChI is InChI=1S/C24BF20.2C5H5.CHF3O3S.Zr/c26-5-1(6(27)14(35)21(42)13(5)34)25(2-7(28)15(36)22(43)16(37)8(2)29,3-9(30)17(38)23(44)18(39)10(3)31)4-11(32)19(40)24(45)20(41)12(4)33;2*1-2-4-5-3-1;2-1(3,4)8(5,6)7;/h;2*1-3H,4H2;(H,5,6,7);/q3*-1;;+4/p-1. The average Bonchev–Trinajstić information content (AvgIpc) is 4.01. The van der Waals surface area contributed by atoms with Crippen LogP contribution in [0.2, 0.25) is 0 Å². The van der Waals surface area contributed by atoms with E-state index in [-0.39, 0.29) is 26.2 Å². The molecule has 0 aromatic heterocycles. The van der Waals surface area contributed by atoms with Crippen molar-refractivity contribution in [3.63, 3.8) is 0 Å². The Bertz CT molecular complexity index is 2280. The van der Waals surface area contributed by atoms with Crippen LogP contribution >= 0.6 is 0 Å². The molecule has 0 spiro atoms. The van der Waals surface area contributed by atoms with Crippen LogP contribution in [0.4, 0.5) is 101 Å². The van der Waals surface area contributed by atoms with Gasteiger partial charge in [0.2, 0.25) is 0 Å². The Labute approximate surface area is 360 Å². The minimum Gasteiger partial charge on any atom is -0.741 e. The Hall–Kier alpha value is -4.91. The fourth-order valence-corrected chi connectivity index (χ4v) is 5.55. The molecule has 0 radical (unpaired) electrons. The molecule has 0 bridgehead atoms. The molecular formula is C35H10BF23O3SZr. The molecule has 342 valence electrons. The zero-order valence-electron chi connectivity index (χ0n) is 29.8. The van der Waals surface area contributed by atoms with Gasteiger partial charge >= 0.3 is 31.7 Å². The molecule has 0 amide bonds. The minimum atomic E-state index is -7.22. The second-order valence-electron chi connectivity index (χ2n) is 11.7. The maximum absolute atomic E-state index is 15.4. The van der Waals surface area contributed by atoms with Crippen molar-refractivity contribution in [3.05, 3.63) is 165 Å². The number of hydrogen-bond donors (Lipinski definition) is 0. The van der Waals surface area contributed by atoms with Crippen LogP contribution in [-0.4, -0.2) is 24.6 Å². The number of benzene rings is 4. The van der Waals surface area contributed by atoms with Crippen molar-refractivity contribution >= 4 is 38.1 Å². The van der Waals surface area contributed by atoms with Gasteiger partial charge in [-0.3, -0.25) is 12.2 Å². The first-order chi connectivity index (χ1) is 29.0. The zero-order chi connectivity index (χ0) is 48.4. The van der Waals surface area contributed by atoms with Crippen LogP contribution < -0.4 is 21.9 Å². The van der Waals surface area contributed by atoms with Crippen molar-refractivity contribution in [3.8, 4) is 0 Å². The van der Waals surface area contributed by atoms with E-state index in [0.29, 0.717) is 0 Å². The van der Waals surface area contributed by atoms with Gasteiger partial charge < -0.3 is 4.55 Å². The topological polar surface area (TPSA) is 57.2 Å². The molecule has 2 aliphatic rings. The molecule has 2 aliphatic carbocycles. The second-order valence-corrected chi connectivity index (χ2v) is 13.1. The van der Waals surface area contributed by atoms with Crippen LogP contribution in [0, 0.1) is 128 Å². The van der Waals surface area contributed by atoms with E-state index < -0.39 is 160 Å². The molecule has 0 saturated heterocycles. The second kappa shape index (κ2) is 20.9. The number of rotatable bonds is 4. The molecule has 0 unspecified atom stereocenters. The van der Waals surface area contributed by atoms with E-state index in [4.69, 9.17) is 13.0 Å². The van der Waals surface area contributed by atoms with Crippen LogP contribution in [-0.2, 0) is 36.3 Å². The fraction of sp³-hybridized carbons (Fsp3) is 0.0857. The summed E-state index contributed by atoms with van der Waals surface area (Å²) in [4.78, 5) is 0. The Kier molecular flexibility index (Phi) is 18.1. The smallest absolute Gasteiger partial charge is 0.741 e. The Morgan fingerprint density at radius 2 is 0.547 bits per heavy atom. The Morgan fingerprint density at radius 3 is 0.641 bits per heavy atom. The SMILES string of the molecule is Fc1c(F)c(F)c([B-](c2c(F)c(F)c(F)c(F)c2F)(c2c(F)c(F)c(F)c(F)c2F)c2c(F)c(F)c(F)c(F)c2F)c(F)c1F.O=S(=O)([O-])C(F)(F)F.[C-]1=CC=CC1.[C-]1=CC=CC1.[Zr+4]. The molecule has 0 atom stereocenters. The van der Waals surface area contributed by atoms with Crippen LogP contribution in [0.3, 0.4) is 0 Å². The number of allylic oxidation sites excluding steroid dienone is 8. The minimum absolute atomic E-state index is 0. The number of alkyl halides is 3. The van der Waals surface area contributed by atoms with E-state index in [9.17, 15) is 65.9 Å². The third-order valence-electron chi connectivity index (χ3n) is 8.16. The van der Waals surface area contributed by atoms with Crippen LogP contribution in [0.5, 0.6) is 0 Å². The van der Waals surface area contributed by atoms with E-state index in [1.807, 2.05) is 24.3 Å². The van der Waals surface area contributed by atoms with Gasteiger partial charge in [0.15, 0.2) is 79.9 Å². The van der Waals surface area contributed by atoms with Gasteiger partial charge in [-0.25, -0.2) is 121 Å². The molecule has 0 aliphatic heterocycles. The summed E-state index contributed by atoms with van der Waals surface area (Å²) in [6.07, 6.45) is 12.8. The fourth-order valence-electron chi connectivity index (χ4n) is 5.55. The summed E-state index contributed by atoms with van der Waals surface area (Å²) in [5, 5.41) is 0. The molecule has 0 N–H and O–H groups in total. The van der Waals surface area contributed by atoms with Crippen molar-refractivity contribution in [2.45, 2.75) is 18.3 Å². The molecular weight excluding hydrogens is 1040 g/mol. The average molecular weight is 1050 g/mol. The van der Waals surface area contributed by atoms with Crippen LogP contribution in [0.15, 0.2) is 36.5 Å². The van der Waals surface area contributed by atoms with Gasteiger partial charge in [0, 0.05) is 0 Å². The molecule has 29 heteroatoms. The van der Waals surface area contributed by atoms with Crippen molar-refractivity contribution < 1.29 is 140 Å². The van der Waals surface area contributed by atoms with Crippen molar-refractivity contribution in [1.82, 2.24) is 0 Å². The largest absolute Gasteiger partial charge is 4.00 e. The molecule has 0 saturated carbocycles. The molecule has 4 aromatic rings. The monoisotopic (exact) mass is 1050 g/mol. The van der Waals surface area contributed by atoms with E-state index in [2.05, 4.69) is 24.3 Å². The Morgan fingerprint density at radius 1 is 0.391 bits per heavy atom. The predicted molar refractivity (Wildman–Crippen MR) is 168 cm³/mol. The maximum Gasteiger partial charge on any atom is 4.00 e. The van der Waals surface area contributed by atoms with Gasteiger partial charge in [-0.1, -0.05) is 0 Å². The molecule has 64 heavy (non-hydrogen) atoms. The Balaban J connectivity index is 0.000000611. The van der Waals surface area contributed by atoms with Crippen molar-refractivity contribution in [2.75, 3.05) is 0 Å². The van der Waals surface area contributed by atoms with Crippen LogP contribution in [0.1, 0.15) is 12.8 Å². The normalized spacial score (nSPS) is 12.9. The summed E-state index contributed by atoms with van der Waals surface area (Å²) in [6, 6.07) is 0. The zero-order valence-corrected chi connectivity index (χ0v) is 33.1. The first-order valence-electron chi connectivity index (χ1n) is 15.6. The third-order valence-corrected chi connectivity index (χ3v) is 8.73.